The summed E-state index contributed by atoms with van der Waals surface area (Å²) in [5, 5.41) is 2.60. The highest BCUT2D eigenvalue weighted by molar-refractivity contribution is 5.76. The lowest BCUT2D eigenvalue weighted by Crippen LogP contribution is -2.27. The summed E-state index contributed by atoms with van der Waals surface area (Å²) in [4.78, 5) is 11.4. The lowest BCUT2D eigenvalue weighted by atomic mass is 10.1. The fraction of sp³-hybridized carbons (Fsp3) is 0.417. The molecule has 1 unspecified atom stereocenters. The van der Waals surface area contributed by atoms with Gasteiger partial charge in [-0.05, 0) is 38.1 Å². The van der Waals surface area contributed by atoms with Crippen molar-refractivity contribution in [3.8, 4) is 0 Å². The van der Waals surface area contributed by atoms with Gasteiger partial charge in [-0.25, -0.2) is 8.78 Å². The van der Waals surface area contributed by atoms with Crippen molar-refractivity contribution in [2.45, 2.75) is 25.8 Å². The van der Waals surface area contributed by atoms with Crippen LogP contribution >= 0.6 is 0 Å². The molecule has 0 bridgehead atoms. The van der Waals surface area contributed by atoms with Gasteiger partial charge >= 0.3 is 0 Å². The van der Waals surface area contributed by atoms with Crippen molar-refractivity contribution in [2.24, 2.45) is 5.73 Å². The first-order valence-corrected chi connectivity index (χ1v) is 5.49. The maximum absolute atomic E-state index is 13.4. The molecule has 0 saturated carbocycles. The minimum Gasteiger partial charge on any atom is -0.349 e. The molecule has 17 heavy (non-hydrogen) atoms. The van der Waals surface area contributed by atoms with Gasteiger partial charge < -0.3 is 11.1 Å². The van der Waals surface area contributed by atoms with Gasteiger partial charge in [0, 0.05) is 12.0 Å². The highest BCUT2D eigenvalue weighted by Crippen LogP contribution is 2.18. The quantitative estimate of drug-likeness (QED) is 0.828. The Morgan fingerprint density at radius 3 is 2.82 bits per heavy atom. The first-order valence-electron chi connectivity index (χ1n) is 5.49. The molecular weight excluding hydrogens is 226 g/mol. The summed E-state index contributed by atoms with van der Waals surface area (Å²) < 4.78 is 26.3. The van der Waals surface area contributed by atoms with Crippen LogP contribution in [0.2, 0.25) is 0 Å². The Hall–Kier alpha value is -1.49. The molecule has 0 aliphatic heterocycles. The molecule has 5 heteroatoms. The Bertz CT molecular complexity index is 396. The molecule has 1 aromatic rings. The highest BCUT2D eigenvalue weighted by atomic mass is 19.1. The number of hydrogen-bond acceptors (Lipinski definition) is 2. The molecule has 0 saturated heterocycles. The van der Waals surface area contributed by atoms with E-state index in [1.165, 1.54) is 0 Å². The fourth-order valence-electron chi connectivity index (χ4n) is 1.50. The molecule has 0 aromatic heterocycles. The van der Waals surface area contributed by atoms with E-state index in [9.17, 15) is 13.6 Å². The lowest BCUT2D eigenvalue weighted by Gasteiger charge is -2.15. The lowest BCUT2D eigenvalue weighted by molar-refractivity contribution is -0.121. The zero-order valence-corrected chi connectivity index (χ0v) is 9.67. The van der Waals surface area contributed by atoms with Gasteiger partial charge in [0.1, 0.15) is 11.6 Å². The van der Waals surface area contributed by atoms with Crippen molar-refractivity contribution in [2.75, 3.05) is 6.54 Å². The number of hydrogen-bond donors (Lipinski definition) is 2. The van der Waals surface area contributed by atoms with Crippen LogP contribution in [0.25, 0.3) is 0 Å². The molecule has 94 valence electrons. The van der Waals surface area contributed by atoms with Crippen LogP contribution < -0.4 is 11.1 Å². The van der Waals surface area contributed by atoms with Crippen LogP contribution in [0.1, 0.15) is 31.4 Å². The number of benzene rings is 1. The van der Waals surface area contributed by atoms with E-state index in [1.54, 1.807) is 6.92 Å². The van der Waals surface area contributed by atoms with E-state index in [4.69, 9.17) is 5.73 Å². The maximum atomic E-state index is 13.4. The van der Waals surface area contributed by atoms with Crippen LogP contribution in [0, 0.1) is 11.6 Å². The third kappa shape index (κ3) is 4.11. The molecular formula is C12H16F2N2O. The predicted molar refractivity (Wildman–Crippen MR) is 61.2 cm³/mol. The Morgan fingerprint density at radius 1 is 1.47 bits per heavy atom. The van der Waals surface area contributed by atoms with Gasteiger partial charge in [-0.15, -0.1) is 0 Å². The van der Waals surface area contributed by atoms with E-state index in [0.29, 0.717) is 13.0 Å². The van der Waals surface area contributed by atoms with E-state index in [0.717, 1.165) is 18.2 Å². The highest BCUT2D eigenvalue weighted by Gasteiger charge is 2.14. The zero-order chi connectivity index (χ0) is 12.8. The minimum atomic E-state index is -0.559. The summed E-state index contributed by atoms with van der Waals surface area (Å²) in [6.45, 7) is 2.04. The molecule has 3 N–H and O–H groups in total. The molecule has 1 amide bonds. The van der Waals surface area contributed by atoms with Crippen LogP contribution in [0.15, 0.2) is 18.2 Å². The number of carbonyl (C=O) groups is 1. The zero-order valence-electron chi connectivity index (χ0n) is 9.67. The molecule has 1 aromatic carbocycles. The smallest absolute Gasteiger partial charge is 0.220 e. The molecule has 0 aliphatic carbocycles. The SMILES string of the molecule is CC(NC(=O)CCCN)c1cc(F)ccc1F. The average molecular weight is 242 g/mol. The summed E-state index contributed by atoms with van der Waals surface area (Å²) in [5.41, 5.74) is 5.42. The average Bonchev–Trinajstić information content (AvgIpc) is 2.29. The van der Waals surface area contributed by atoms with Gasteiger partial charge in [0.25, 0.3) is 0 Å². The molecule has 0 spiro atoms. The van der Waals surface area contributed by atoms with E-state index in [-0.39, 0.29) is 17.9 Å². The van der Waals surface area contributed by atoms with Crippen molar-refractivity contribution < 1.29 is 13.6 Å². The third-order valence-electron chi connectivity index (χ3n) is 2.41. The van der Waals surface area contributed by atoms with Gasteiger partial charge in [-0.3, -0.25) is 4.79 Å². The van der Waals surface area contributed by atoms with Gasteiger partial charge in [-0.2, -0.15) is 0 Å². The molecule has 0 radical (unpaired) electrons. The number of nitrogens with two attached hydrogens (primary N) is 1. The number of carbonyl (C=O) groups excluding carboxylic acids is 1. The second-order valence-electron chi connectivity index (χ2n) is 3.85. The third-order valence-corrected chi connectivity index (χ3v) is 2.41. The molecule has 0 fully saturated rings. The Balaban J connectivity index is 2.66. The van der Waals surface area contributed by atoms with E-state index < -0.39 is 17.7 Å². The van der Waals surface area contributed by atoms with E-state index in [1.807, 2.05) is 0 Å². The van der Waals surface area contributed by atoms with Crippen molar-refractivity contribution in [3.63, 3.8) is 0 Å². The summed E-state index contributed by atoms with van der Waals surface area (Å²) in [6.07, 6.45) is 0.863. The maximum Gasteiger partial charge on any atom is 0.220 e. The van der Waals surface area contributed by atoms with Gasteiger partial charge in [0.2, 0.25) is 5.91 Å². The van der Waals surface area contributed by atoms with Crippen molar-refractivity contribution in [1.82, 2.24) is 5.32 Å². The number of amides is 1. The van der Waals surface area contributed by atoms with E-state index in [2.05, 4.69) is 5.32 Å². The second kappa shape index (κ2) is 6.30. The van der Waals surface area contributed by atoms with Crippen LogP contribution in [-0.2, 0) is 4.79 Å². The molecule has 1 rings (SSSR count). The molecule has 0 heterocycles. The van der Waals surface area contributed by atoms with Crippen LogP contribution in [0.5, 0.6) is 0 Å². The van der Waals surface area contributed by atoms with E-state index >= 15 is 0 Å². The topological polar surface area (TPSA) is 55.1 Å². The van der Waals surface area contributed by atoms with Crippen molar-refractivity contribution >= 4 is 5.91 Å². The summed E-state index contributed by atoms with van der Waals surface area (Å²) in [6, 6.07) is 2.62. The molecule has 3 nitrogen and oxygen atoms in total. The van der Waals surface area contributed by atoms with Gasteiger partial charge in [0.05, 0.1) is 6.04 Å². The fourth-order valence-corrected chi connectivity index (χ4v) is 1.50. The Kier molecular flexibility index (Phi) is 5.03. The van der Waals surface area contributed by atoms with Crippen molar-refractivity contribution in [1.29, 1.82) is 0 Å². The second-order valence-corrected chi connectivity index (χ2v) is 3.85. The van der Waals surface area contributed by atoms with Crippen LogP contribution in [0.3, 0.4) is 0 Å². The summed E-state index contributed by atoms with van der Waals surface area (Å²) in [7, 11) is 0. The van der Waals surface area contributed by atoms with Crippen LogP contribution in [-0.4, -0.2) is 12.5 Å². The van der Waals surface area contributed by atoms with Gasteiger partial charge in [0.15, 0.2) is 0 Å². The van der Waals surface area contributed by atoms with Crippen LogP contribution in [0.4, 0.5) is 8.78 Å². The standard InChI is InChI=1S/C12H16F2N2O/c1-8(16-12(17)3-2-6-15)10-7-9(13)4-5-11(10)14/h4-5,7-8H,2-3,6,15H2,1H3,(H,16,17). The first kappa shape index (κ1) is 13.6. The monoisotopic (exact) mass is 242 g/mol. The normalized spacial score (nSPS) is 12.2. The Morgan fingerprint density at radius 2 is 2.18 bits per heavy atom. The first-order chi connectivity index (χ1) is 8.04. The Labute approximate surface area is 99.0 Å². The minimum absolute atomic E-state index is 0.145. The molecule has 0 aliphatic rings. The number of rotatable bonds is 5. The number of halogens is 2. The largest absolute Gasteiger partial charge is 0.349 e. The predicted octanol–water partition coefficient (Wildman–Crippen LogP) is 1.88. The van der Waals surface area contributed by atoms with Crippen molar-refractivity contribution in [3.05, 3.63) is 35.4 Å². The summed E-state index contributed by atoms with van der Waals surface area (Å²) in [5.74, 6) is -1.27. The number of nitrogens with one attached hydrogen (secondary N) is 1. The molecule has 1 atom stereocenters. The summed E-state index contributed by atoms with van der Waals surface area (Å²) >= 11 is 0. The van der Waals surface area contributed by atoms with Gasteiger partial charge in [-0.1, -0.05) is 0 Å².